The Labute approximate surface area is 245 Å². The standard InChI is InChI=1S/C31H31F3N6O3/c32-18-9-31(5-2-6-40(31)11-18)16-43-30-37-28-23(29(38-30)39-12-19-14-42-15-20(13-39)36-19)10-35-27(26(28)34)22-8-21(41)7-17-3-1-4-24(33)25(17)22/h1,3-4,7-8,10,18-20,36,41H,2,5-6,9,11-16H2/t18-,19?,20?,31+/m1/s1. The van der Waals surface area contributed by atoms with Crippen molar-refractivity contribution in [3.63, 3.8) is 0 Å². The molecule has 2 unspecified atom stereocenters. The third kappa shape index (κ3) is 4.54. The van der Waals surface area contributed by atoms with Gasteiger partial charge in [-0.15, -0.1) is 0 Å². The Bertz CT molecular complexity index is 1730. The van der Waals surface area contributed by atoms with Crippen LogP contribution in [0.15, 0.2) is 36.5 Å². The maximum atomic E-state index is 16.6. The van der Waals surface area contributed by atoms with Crippen LogP contribution in [0.4, 0.5) is 19.0 Å². The van der Waals surface area contributed by atoms with Crippen molar-refractivity contribution < 1.29 is 27.8 Å². The van der Waals surface area contributed by atoms with E-state index in [1.807, 2.05) is 0 Å². The number of morpholine rings is 1. The molecule has 2 aromatic carbocycles. The molecule has 6 heterocycles. The molecule has 4 saturated heterocycles. The van der Waals surface area contributed by atoms with Gasteiger partial charge >= 0.3 is 6.01 Å². The Morgan fingerprint density at radius 1 is 1.12 bits per heavy atom. The molecule has 8 rings (SSSR count). The number of alkyl halides is 1. The van der Waals surface area contributed by atoms with Gasteiger partial charge in [0.15, 0.2) is 5.82 Å². The highest BCUT2D eigenvalue weighted by atomic mass is 19.1. The number of halogens is 3. The van der Waals surface area contributed by atoms with Crippen LogP contribution in [0.25, 0.3) is 32.9 Å². The zero-order valence-corrected chi connectivity index (χ0v) is 23.4. The van der Waals surface area contributed by atoms with Gasteiger partial charge in [0.25, 0.3) is 0 Å². The van der Waals surface area contributed by atoms with Crippen molar-refractivity contribution in [3.8, 4) is 23.0 Å². The average molecular weight is 593 g/mol. The molecule has 4 aromatic rings. The first-order chi connectivity index (χ1) is 20.9. The number of aromatic nitrogens is 3. The van der Waals surface area contributed by atoms with Crippen LogP contribution in [0, 0.1) is 11.6 Å². The number of anilines is 1. The summed E-state index contributed by atoms with van der Waals surface area (Å²) >= 11 is 0. The van der Waals surface area contributed by atoms with Crippen molar-refractivity contribution in [1.29, 1.82) is 0 Å². The number of phenolic OH excluding ortho intramolecular Hbond substituents is 1. The molecule has 4 atom stereocenters. The quantitative estimate of drug-likeness (QED) is 0.357. The first-order valence-electron chi connectivity index (χ1n) is 14.8. The summed E-state index contributed by atoms with van der Waals surface area (Å²) in [7, 11) is 0. The smallest absolute Gasteiger partial charge is 0.319 e. The van der Waals surface area contributed by atoms with Crippen molar-refractivity contribution in [3.05, 3.63) is 48.2 Å². The summed E-state index contributed by atoms with van der Waals surface area (Å²) in [5.74, 6) is -0.984. The van der Waals surface area contributed by atoms with E-state index in [9.17, 15) is 9.50 Å². The molecule has 0 saturated carbocycles. The van der Waals surface area contributed by atoms with Crippen LogP contribution in [-0.2, 0) is 4.74 Å². The molecule has 2 aromatic heterocycles. The molecule has 4 fully saturated rings. The molecule has 2 N–H and O–H groups in total. The molecule has 4 aliphatic rings. The molecule has 224 valence electrons. The van der Waals surface area contributed by atoms with Crippen molar-refractivity contribution in [1.82, 2.24) is 25.2 Å². The fourth-order valence-electron chi connectivity index (χ4n) is 7.49. The summed E-state index contributed by atoms with van der Waals surface area (Å²) in [5.41, 5.74) is -0.476. The minimum absolute atomic E-state index is 0.00558. The second-order valence-corrected chi connectivity index (χ2v) is 12.2. The second-order valence-electron chi connectivity index (χ2n) is 12.2. The van der Waals surface area contributed by atoms with Crippen molar-refractivity contribution in [2.75, 3.05) is 50.9 Å². The van der Waals surface area contributed by atoms with E-state index >= 15 is 8.78 Å². The van der Waals surface area contributed by atoms with E-state index in [0.29, 0.717) is 55.9 Å². The summed E-state index contributed by atoms with van der Waals surface area (Å²) in [4.78, 5) is 17.9. The number of phenols is 1. The lowest BCUT2D eigenvalue weighted by Crippen LogP contribution is -2.63. The Morgan fingerprint density at radius 2 is 1.95 bits per heavy atom. The predicted molar refractivity (Wildman–Crippen MR) is 154 cm³/mol. The molecule has 4 aliphatic heterocycles. The number of hydrogen-bond donors (Lipinski definition) is 2. The van der Waals surface area contributed by atoms with Crippen LogP contribution in [0.1, 0.15) is 19.3 Å². The minimum Gasteiger partial charge on any atom is -0.508 e. The maximum Gasteiger partial charge on any atom is 0.319 e. The zero-order valence-electron chi connectivity index (χ0n) is 23.4. The second kappa shape index (κ2) is 10.2. The van der Waals surface area contributed by atoms with E-state index < -0.39 is 23.3 Å². The van der Waals surface area contributed by atoms with Gasteiger partial charge in [-0.05, 0) is 43.0 Å². The van der Waals surface area contributed by atoms with Gasteiger partial charge in [-0.3, -0.25) is 9.88 Å². The fraction of sp³-hybridized carbons (Fsp3) is 0.452. The zero-order chi connectivity index (χ0) is 29.3. The molecular weight excluding hydrogens is 561 g/mol. The molecule has 0 amide bonds. The van der Waals surface area contributed by atoms with Gasteiger partial charge in [0.05, 0.1) is 24.1 Å². The summed E-state index contributed by atoms with van der Waals surface area (Å²) in [5, 5.41) is 14.9. The number of hydrogen-bond acceptors (Lipinski definition) is 9. The van der Waals surface area contributed by atoms with Crippen LogP contribution in [-0.4, -0.2) is 94.8 Å². The molecule has 9 nitrogen and oxygen atoms in total. The predicted octanol–water partition coefficient (Wildman–Crippen LogP) is 3.96. The number of nitrogens with one attached hydrogen (secondary N) is 1. The Kier molecular flexibility index (Phi) is 6.35. The normalized spacial score (nSPS) is 27.2. The molecule has 0 radical (unpaired) electrons. The van der Waals surface area contributed by atoms with Gasteiger partial charge in [0.1, 0.15) is 41.4 Å². The third-order valence-corrected chi connectivity index (χ3v) is 9.33. The maximum absolute atomic E-state index is 16.6. The Balaban J connectivity index is 1.25. The van der Waals surface area contributed by atoms with E-state index in [0.717, 1.165) is 19.4 Å². The Hall–Kier alpha value is -3.74. The highest BCUT2D eigenvalue weighted by Crippen LogP contribution is 2.41. The van der Waals surface area contributed by atoms with E-state index in [1.54, 1.807) is 6.07 Å². The van der Waals surface area contributed by atoms with Gasteiger partial charge in [-0.2, -0.15) is 9.97 Å². The number of rotatable bonds is 5. The lowest BCUT2D eigenvalue weighted by Gasteiger charge is -2.42. The number of benzene rings is 2. The highest BCUT2D eigenvalue weighted by molar-refractivity contribution is 6.00. The number of aromatic hydroxyl groups is 1. The minimum atomic E-state index is -0.914. The van der Waals surface area contributed by atoms with E-state index in [1.165, 1.54) is 30.5 Å². The van der Waals surface area contributed by atoms with E-state index in [-0.39, 0.29) is 52.6 Å². The van der Waals surface area contributed by atoms with Crippen LogP contribution >= 0.6 is 0 Å². The number of piperazine rings is 1. The van der Waals surface area contributed by atoms with Gasteiger partial charge in [-0.1, -0.05) is 12.1 Å². The molecule has 43 heavy (non-hydrogen) atoms. The molecule has 2 bridgehead atoms. The first-order valence-corrected chi connectivity index (χ1v) is 14.8. The van der Waals surface area contributed by atoms with Crippen molar-refractivity contribution in [2.45, 2.75) is 43.1 Å². The molecule has 0 aliphatic carbocycles. The van der Waals surface area contributed by atoms with Crippen LogP contribution in [0.5, 0.6) is 11.8 Å². The van der Waals surface area contributed by atoms with Gasteiger partial charge in [0, 0.05) is 55.3 Å². The molecule has 0 spiro atoms. The van der Waals surface area contributed by atoms with Crippen molar-refractivity contribution >= 4 is 27.5 Å². The van der Waals surface area contributed by atoms with Gasteiger partial charge in [-0.25, -0.2) is 13.2 Å². The van der Waals surface area contributed by atoms with Gasteiger partial charge < -0.3 is 24.8 Å². The summed E-state index contributed by atoms with van der Waals surface area (Å²) in [6, 6.07) is 7.34. The van der Waals surface area contributed by atoms with Crippen LogP contribution in [0.3, 0.4) is 0 Å². The molecular formula is C31H31F3N6O3. The van der Waals surface area contributed by atoms with Gasteiger partial charge in [0.2, 0.25) is 0 Å². The fourth-order valence-corrected chi connectivity index (χ4v) is 7.49. The van der Waals surface area contributed by atoms with Crippen LogP contribution < -0.4 is 15.0 Å². The molecule has 12 heteroatoms. The number of fused-ring (bicyclic) bond motifs is 5. The third-order valence-electron chi connectivity index (χ3n) is 9.33. The van der Waals surface area contributed by atoms with Crippen molar-refractivity contribution in [2.24, 2.45) is 0 Å². The lowest BCUT2D eigenvalue weighted by molar-refractivity contribution is 0.0374. The van der Waals surface area contributed by atoms with E-state index in [4.69, 9.17) is 14.5 Å². The Morgan fingerprint density at radius 3 is 2.79 bits per heavy atom. The SMILES string of the molecule is Oc1cc(-c2ncc3c(N4CC5COCC(C4)N5)nc(OC[C@@]45CCCN4C[C@H](F)C5)nc3c2F)c2c(F)cccc2c1. The summed E-state index contributed by atoms with van der Waals surface area (Å²) in [6.45, 7) is 3.66. The first kappa shape index (κ1) is 26.9. The highest BCUT2D eigenvalue weighted by Gasteiger charge is 2.49. The van der Waals surface area contributed by atoms with E-state index in [2.05, 4.69) is 25.1 Å². The summed E-state index contributed by atoms with van der Waals surface area (Å²) < 4.78 is 58.0. The van der Waals surface area contributed by atoms with Crippen LogP contribution in [0.2, 0.25) is 0 Å². The monoisotopic (exact) mass is 592 g/mol. The lowest BCUT2D eigenvalue weighted by atomic mass is 9.95. The topological polar surface area (TPSA) is 95.9 Å². The largest absolute Gasteiger partial charge is 0.508 e. The summed E-state index contributed by atoms with van der Waals surface area (Å²) in [6.07, 6.45) is 2.74. The number of nitrogens with zero attached hydrogens (tertiary/aromatic N) is 5. The number of pyridine rings is 1. The number of ether oxygens (including phenoxy) is 2. The average Bonchev–Trinajstić information content (AvgIpc) is 3.51.